The van der Waals surface area contributed by atoms with Gasteiger partial charge in [-0.25, -0.2) is 0 Å². The van der Waals surface area contributed by atoms with Gasteiger partial charge in [0.1, 0.15) is 0 Å². The summed E-state index contributed by atoms with van der Waals surface area (Å²) in [4.78, 5) is 27.7. The minimum absolute atomic E-state index is 0.0232. The molecule has 3 aromatic rings. The second kappa shape index (κ2) is 9.17. The van der Waals surface area contributed by atoms with E-state index in [4.69, 9.17) is 0 Å². The second-order valence-electron chi connectivity index (χ2n) is 8.13. The zero-order chi connectivity index (χ0) is 21.8. The quantitative estimate of drug-likeness (QED) is 0.619. The van der Waals surface area contributed by atoms with Crippen molar-refractivity contribution in [3.05, 3.63) is 101 Å². The lowest BCUT2D eigenvalue weighted by Gasteiger charge is -2.19. The van der Waals surface area contributed by atoms with Crippen molar-refractivity contribution in [3.63, 3.8) is 0 Å². The summed E-state index contributed by atoms with van der Waals surface area (Å²) in [6.07, 6.45) is 1.60. The van der Waals surface area contributed by atoms with E-state index in [1.54, 1.807) is 0 Å². The molecule has 4 nitrogen and oxygen atoms in total. The number of benzene rings is 3. The Bertz CT molecular complexity index is 1070. The molecule has 0 spiro atoms. The van der Waals surface area contributed by atoms with Crippen LogP contribution in [-0.2, 0) is 17.8 Å². The van der Waals surface area contributed by atoms with Crippen molar-refractivity contribution >= 4 is 17.5 Å². The Morgan fingerprint density at radius 2 is 1.74 bits per heavy atom. The largest absolute Gasteiger partial charge is 0.351 e. The number of anilines is 1. The first kappa shape index (κ1) is 20.9. The SMILES string of the molecule is CC[C@H](C(=O)NCc1ccc2c(c1)N(C(=O)c1ccc(C)cc1)CC2)c1ccccc1. The van der Waals surface area contributed by atoms with Gasteiger partial charge >= 0.3 is 0 Å². The van der Waals surface area contributed by atoms with Gasteiger partial charge in [0, 0.05) is 24.3 Å². The lowest BCUT2D eigenvalue weighted by Crippen LogP contribution is -2.30. The molecule has 3 aromatic carbocycles. The third-order valence-electron chi connectivity index (χ3n) is 5.98. The van der Waals surface area contributed by atoms with Gasteiger partial charge in [0.25, 0.3) is 5.91 Å². The molecule has 4 rings (SSSR count). The molecule has 1 aliphatic rings. The van der Waals surface area contributed by atoms with Crippen molar-refractivity contribution in [2.45, 2.75) is 39.2 Å². The van der Waals surface area contributed by atoms with E-state index in [1.165, 1.54) is 5.56 Å². The average molecular weight is 413 g/mol. The summed E-state index contributed by atoms with van der Waals surface area (Å²) in [5.41, 5.74) is 5.99. The number of carbonyl (C=O) groups excluding carboxylic acids is 2. The minimum atomic E-state index is -0.157. The second-order valence-corrected chi connectivity index (χ2v) is 8.13. The molecule has 1 N–H and O–H groups in total. The summed E-state index contributed by atoms with van der Waals surface area (Å²) in [6, 6.07) is 23.7. The van der Waals surface area contributed by atoms with Crippen LogP contribution in [0.15, 0.2) is 72.8 Å². The maximum Gasteiger partial charge on any atom is 0.258 e. The molecular formula is C27H28N2O2. The van der Waals surface area contributed by atoms with Crippen LogP contribution in [0.3, 0.4) is 0 Å². The number of aryl methyl sites for hydroxylation is 1. The molecule has 0 aromatic heterocycles. The van der Waals surface area contributed by atoms with Crippen LogP contribution >= 0.6 is 0 Å². The summed E-state index contributed by atoms with van der Waals surface area (Å²) in [7, 11) is 0. The number of nitrogens with zero attached hydrogens (tertiary/aromatic N) is 1. The van der Waals surface area contributed by atoms with Gasteiger partial charge in [-0.15, -0.1) is 0 Å². The highest BCUT2D eigenvalue weighted by Gasteiger charge is 2.26. The smallest absolute Gasteiger partial charge is 0.258 e. The monoisotopic (exact) mass is 412 g/mol. The van der Waals surface area contributed by atoms with E-state index in [1.807, 2.05) is 85.5 Å². The van der Waals surface area contributed by atoms with E-state index in [2.05, 4.69) is 11.4 Å². The Hall–Kier alpha value is -3.40. The van der Waals surface area contributed by atoms with Gasteiger partial charge < -0.3 is 10.2 Å². The Morgan fingerprint density at radius 1 is 1.00 bits per heavy atom. The fourth-order valence-corrected chi connectivity index (χ4v) is 4.17. The summed E-state index contributed by atoms with van der Waals surface area (Å²) in [6.45, 7) is 5.17. The highest BCUT2D eigenvalue weighted by atomic mass is 16.2. The molecule has 0 saturated carbocycles. The van der Waals surface area contributed by atoms with E-state index in [0.717, 1.165) is 35.2 Å². The number of fused-ring (bicyclic) bond motifs is 1. The van der Waals surface area contributed by atoms with Gasteiger partial charge in [-0.1, -0.05) is 67.1 Å². The maximum atomic E-state index is 13.0. The number of hydrogen-bond acceptors (Lipinski definition) is 2. The number of nitrogens with one attached hydrogen (secondary N) is 1. The van der Waals surface area contributed by atoms with Crippen LogP contribution in [0, 0.1) is 6.92 Å². The number of hydrogen-bond donors (Lipinski definition) is 1. The van der Waals surface area contributed by atoms with Gasteiger partial charge in [-0.2, -0.15) is 0 Å². The molecule has 4 heteroatoms. The van der Waals surface area contributed by atoms with E-state index in [9.17, 15) is 9.59 Å². The van der Waals surface area contributed by atoms with Gasteiger partial charge in [0.05, 0.1) is 5.92 Å². The summed E-state index contributed by atoms with van der Waals surface area (Å²) in [5, 5.41) is 3.08. The summed E-state index contributed by atoms with van der Waals surface area (Å²) in [5.74, 6) is -0.105. The standard InChI is InChI=1S/C27H28N2O2/c1-3-24(21-7-5-4-6-8-21)26(30)28-18-20-11-14-22-15-16-29(25(22)17-20)27(31)23-12-9-19(2)10-13-23/h4-14,17,24H,3,15-16,18H2,1-2H3,(H,28,30)/t24-/m0/s1. The van der Waals surface area contributed by atoms with Crippen LogP contribution in [0.1, 0.15) is 51.9 Å². The predicted molar refractivity (Wildman–Crippen MR) is 124 cm³/mol. The molecule has 0 saturated heterocycles. The maximum absolute atomic E-state index is 13.0. The van der Waals surface area contributed by atoms with Crippen molar-refractivity contribution in [2.75, 3.05) is 11.4 Å². The molecule has 158 valence electrons. The fourth-order valence-electron chi connectivity index (χ4n) is 4.17. The van der Waals surface area contributed by atoms with Crippen LogP contribution in [-0.4, -0.2) is 18.4 Å². The predicted octanol–water partition coefficient (Wildman–Crippen LogP) is 5.01. The lowest BCUT2D eigenvalue weighted by molar-refractivity contribution is -0.122. The molecule has 1 aliphatic heterocycles. The van der Waals surface area contributed by atoms with Crippen LogP contribution < -0.4 is 10.2 Å². The molecule has 0 aliphatic carbocycles. The Morgan fingerprint density at radius 3 is 2.45 bits per heavy atom. The first-order valence-electron chi connectivity index (χ1n) is 10.9. The molecule has 1 atom stereocenters. The van der Waals surface area contributed by atoms with Crippen molar-refractivity contribution in [3.8, 4) is 0 Å². The zero-order valence-electron chi connectivity index (χ0n) is 18.1. The summed E-state index contributed by atoms with van der Waals surface area (Å²) < 4.78 is 0. The molecule has 0 radical (unpaired) electrons. The third-order valence-corrected chi connectivity index (χ3v) is 5.98. The first-order valence-corrected chi connectivity index (χ1v) is 10.9. The first-order chi connectivity index (χ1) is 15.1. The molecule has 2 amide bonds. The van der Waals surface area contributed by atoms with Crippen LogP contribution in [0.25, 0.3) is 0 Å². The normalized spacial score (nSPS) is 13.5. The Labute approximate surface area is 183 Å². The molecule has 0 fully saturated rings. The van der Waals surface area contributed by atoms with E-state index in [0.29, 0.717) is 18.7 Å². The number of carbonyl (C=O) groups is 2. The summed E-state index contributed by atoms with van der Waals surface area (Å²) >= 11 is 0. The fraction of sp³-hybridized carbons (Fsp3) is 0.259. The van der Waals surface area contributed by atoms with E-state index >= 15 is 0 Å². The zero-order valence-corrected chi connectivity index (χ0v) is 18.1. The van der Waals surface area contributed by atoms with Gasteiger partial charge in [0.2, 0.25) is 5.91 Å². The van der Waals surface area contributed by atoms with E-state index < -0.39 is 0 Å². The van der Waals surface area contributed by atoms with Crippen molar-refractivity contribution in [1.82, 2.24) is 5.32 Å². The molecular weight excluding hydrogens is 384 g/mol. The van der Waals surface area contributed by atoms with Crippen LogP contribution in [0.2, 0.25) is 0 Å². The van der Waals surface area contributed by atoms with Gasteiger partial charge in [0.15, 0.2) is 0 Å². The lowest BCUT2D eigenvalue weighted by atomic mass is 9.95. The molecule has 0 bridgehead atoms. The van der Waals surface area contributed by atoms with Crippen molar-refractivity contribution in [1.29, 1.82) is 0 Å². The van der Waals surface area contributed by atoms with Gasteiger partial charge in [-0.05, 0) is 54.7 Å². The minimum Gasteiger partial charge on any atom is -0.351 e. The van der Waals surface area contributed by atoms with Crippen molar-refractivity contribution < 1.29 is 9.59 Å². The topological polar surface area (TPSA) is 49.4 Å². The highest BCUT2D eigenvalue weighted by Crippen LogP contribution is 2.30. The van der Waals surface area contributed by atoms with Gasteiger partial charge in [-0.3, -0.25) is 9.59 Å². The van der Waals surface area contributed by atoms with Crippen molar-refractivity contribution in [2.24, 2.45) is 0 Å². The van der Waals surface area contributed by atoms with E-state index in [-0.39, 0.29) is 17.7 Å². The average Bonchev–Trinajstić information content (AvgIpc) is 3.22. The molecule has 0 unspecified atom stereocenters. The Kier molecular flexibility index (Phi) is 6.17. The number of rotatable bonds is 6. The molecule has 31 heavy (non-hydrogen) atoms. The third kappa shape index (κ3) is 4.53. The molecule has 1 heterocycles. The van der Waals surface area contributed by atoms with Crippen LogP contribution in [0.5, 0.6) is 0 Å². The van der Waals surface area contributed by atoms with Crippen LogP contribution in [0.4, 0.5) is 5.69 Å². The Balaban J connectivity index is 1.47. The number of amides is 2. The highest BCUT2D eigenvalue weighted by molar-refractivity contribution is 6.07.